The van der Waals surface area contributed by atoms with E-state index in [2.05, 4.69) is 69.2 Å². The van der Waals surface area contributed by atoms with E-state index in [-0.39, 0.29) is 7.43 Å². The highest BCUT2D eigenvalue weighted by molar-refractivity contribution is 4.63. The van der Waals surface area contributed by atoms with Crippen molar-refractivity contribution in [3.05, 3.63) is 0 Å². The number of hydrogen-bond donors (Lipinski definition) is 0. The van der Waals surface area contributed by atoms with Gasteiger partial charge in [0.1, 0.15) is 0 Å². The van der Waals surface area contributed by atoms with Gasteiger partial charge < -0.3 is 0 Å². The van der Waals surface area contributed by atoms with Crippen LogP contribution in [0.15, 0.2) is 0 Å². The monoisotopic (exact) mass is 258 g/mol. The Morgan fingerprint density at radius 1 is 0.556 bits per heavy atom. The van der Waals surface area contributed by atoms with Crippen LogP contribution >= 0.6 is 0 Å². The molecule has 0 radical (unpaired) electrons. The summed E-state index contributed by atoms with van der Waals surface area (Å²) in [6, 6.07) is 0. The van der Waals surface area contributed by atoms with Gasteiger partial charge in [0.05, 0.1) is 0 Å². The molecule has 0 N–H and O–H groups in total. The topological polar surface area (TPSA) is 0 Å². The molecule has 18 heavy (non-hydrogen) atoms. The molecule has 0 unspecified atom stereocenters. The third-order valence-electron chi connectivity index (χ3n) is 4.29. The third-order valence-corrected chi connectivity index (χ3v) is 4.29. The molecule has 0 bridgehead atoms. The van der Waals surface area contributed by atoms with Gasteiger partial charge in [-0.3, -0.25) is 0 Å². The van der Waals surface area contributed by atoms with Gasteiger partial charge in [-0.2, -0.15) is 0 Å². The summed E-state index contributed by atoms with van der Waals surface area (Å²) in [6.07, 6.45) is 1.33. The molecule has 0 atom stereocenters. The van der Waals surface area contributed by atoms with Crippen molar-refractivity contribution in [1.82, 2.24) is 0 Å². The summed E-state index contributed by atoms with van der Waals surface area (Å²) in [7, 11) is 0. The first kappa shape index (κ1) is 23.1. The van der Waals surface area contributed by atoms with E-state index in [0.29, 0.717) is 0 Å². The van der Waals surface area contributed by atoms with Crippen LogP contribution in [0.5, 0.6) is 0 Å². The van der Waals surface area contributed by atoms with E-state index in [1.54, 1.807) is 0 Å². The van der Waals surface area contributed by atoms with Gasteiger partial charge in [-0.25, -0.2) is 0 Å². The molecule has 0 rings (SSSR count). The van der Waals surface area contributed by atoms with Gasteiger partial charge in [0.25, 0.3) is 0 Å². The molecule has 0 fully saturated rings. The molecule has 0 heterocycles. The summed E-state index contributed by atoms with van der Waals surface area (Å²) in [5, 5.41) is 0. The Morgan fingerprint density at radius 3 is 0.833 bits per heavy atom. The number of hydrogen-bond acceptors (Lipinski definition) is 0. The Hall–Kier alpha value is 0. The van der Waals surface area contributed by atoms with Crippen molar-refractivity contribution in [2.75, 3.05) is 0 Å². The highest BCUT2D eigenvalue weighted by Crippen LogP contribution is 2.23. The highest BCUT2D eigenvalue weighted by atomic mass is 14.2. The van der Waals surface area contributed by atoms with E-state index >= 15 is 0 Å². The third kappa shape index (κ3) is 11.1. The minimum Gasteiger partial charge on any atom is -0.0776 e. The van der Waals surface area contributed by atoms with Crippen LogP contribution in [0.4, 0.5) is 0 Å². The van der Waals surface area contributed by atoms with Crippen molar-refractivity contribution in [3.63, 3.8) is 0 Å². The van der Waals surface area contributed by atoms with E-state index in [0.717, 1.165) is 35.5 Å². The first-order valence-corrected chi connectivity index (χ1v) is 7.64. The maximum Gasteiger partial charge on any atom is -0.0371 e. The van der Waals surface area contributed by atoms with Crippen molar-refractivity contribution in [2.24, 2.45) is 35.5 Å². The Kier molecular flexibility index (Phi) is 15.5. The van der Waals surface area contributed by atoms with Gasteiger partial charge in [-0.15, -0.1) is 0 Å². The van der Waals surface area contributed by atoms with Crippen LogP contribution in [-0.2, 0) is 0 Å². The summed E-state index contributed by atoms with van der Waals surface area (Å²) in [5.74, 6) is 5.19. The molecular weight excluding hydrogens is 216 g/mol. The summed E-state index contributed by atoms with van der Waals surface area (Å²) in [6.45, 7) is 23.0. The summed E-state index contributed by atoms with van der Waals surface area (Å²) >= 11 is 0. The van der Waals surface area contributed by atoms with E-state index in [9.17, 15) is 0 Å². The summed E-state index contributed by atoms with van der Waals surface area (Å²) < 4.78 is 0. The van der Waals surface area contributed by atoms with E-state index in [1.165, 1.54) is 6.42 Å². The Balaban J connectivity index is -0.000000238. The Bertz CT molecular complexity index is 137. The second kappa shape index (κ2) is 12.1. The molecule has 0 saturated heterocycles. The van der Waals surface area contributed by atoms with E-state index in [1.807, 2.05) is 0 Å². The molecule has 114 valence electrons. The molecule has 0 heteroatoms. The van der Waals surface area contributed by atoms with Crippen LogP contribution in [0.1, 0.15) is 83.1 Å². The van der Waals surface area contributed by atoms with E-state index in [4.69, 9.17) is 0 Å². The molecule has 0 aromatic rings. The molecule has 0 aliphatic carbocycles. The second-order valence-corrected chi connectivity index (χ2v) is 6.91. The highest BCUT2D eigenvalue weighted by Gasteiger charge is 2.13. The fraction of sp³-hybridized carbons (Fsp3) is 1.00. The van der Waals surface area contributed by atoms with Crippen LogP contribution in [0.2, 0.25) is 0 Å². The second-order valence-electron chi connectivity index (χ2n) is 6.91. The van der Waals surface area contributed by atoms with Gasteiger partial charge >= 0.3 is 0 Å². The zero-order valence-corrected chi connectivity index (χ0v) is 14.2. The van der Waals surface area contributed by atoms with Crippen molar-refractivity contribution in [1.29, 1.82) is 0 Å². The Labute approximate surface area is 119 Å². The standard InChI is InChI=1S/C9H20.C8H18.CH4/c1-6-9(7(2)3)8(4)5;1-6(2)8(5)7(3)4;/h7-9H,6H2,1-5H3;6-8H,1-5H3;1H4. The average molecular weight is 259 g/mol. The van der Waals surface area contributed by atoms with Gasteiger partial charge in [0, 0.05) is 0 Å². The first-order valence-electron chi connectivity index (χ1n) is 7.64. The van der Waals surface area contributed by atoms with Gasteiger partial charge in [-0.1, -0.05) is 83.1 Å². The number of rotatable bonds is 5. The van der Waals surface area contributed by atoms with Crippen molar-refractivity contribution < 1.29 is 0 Å². The molecule has 0 saturated carbocycles. The zero-order valence-electron chi connectivity index (χ0n) is 14.2. The maximum atomic E-state index is 2.31. The maximum absolute atomic E-state index is 2.31. The largest absolute Gasteiger partial charge is 0.0776 e. The van der Waals surface area contributed by atoms with E-state index < -0.39 is 0 Å². The summed E-state index contributed by atoms with van der Waals surface area (Å²) in [4.78, 5) is 0. The molecule has 0 nitrogen and oxygen atoms in total. The van der Waals surface area contributed by atoms with Gasteiger partial charge in [-0.05, 0) is 35.5 Å². The molecule has 0 amide bonds. The van der Waals surface area contributed by atoms with Crippen LogP contribution < -0.4 is 0 Å². The lowest BCUT2D eigenvalue weighted by Crippen LogP contribution is -2.13. The predicted octanol–water partition coefficient (Wildman–Crippen LogP) is 6.90. The average Bonchev–Trinajstić information content (AvgIpc) is 2.16. The summed E-state index contributed by atoms with van der Waals surface area (Å²) in [5.41, 5.74) is 0. The van der Waals surface area contributed by atoms with Crippen molar-refractivity contribution in [3.8, 4) is 0 Å². The minimum atomic E-state index is 0. The molecule has 0 aliphatic heterocycles. The molecule has 0 aromatic heterocycles. The Morgan fingerprint density at radius 2 is 0.833 bits per heavy atom. The van der Waals surface area contributed by atoms with Gasteiger partial charge in [0.2, 0.25) is 0 Å². The molecular formula is C18H42. The lowest BCUT2D eigenvalue weighted by Gasteiger charge is -2.22. The molecule has 0 spiro atoms. The van der Waals surface area contributed by atoms with Crippen molar-refractivity contribution in [2.45, 2.75) is 83.1 Å². The van der Waals surface area contributed by atoms with Crippen LogP contribution in [0.3, 0.4) is 0 Å². The smallest absolute Gasteiger partial charge is 0.0371 e. The fourth-order valence-corrected chi connectivity index (χ4v) is 2.48. The lowest BCUT2D eigenvalue weighted by molar-refractivity contribution is 0.279. The van der Waals surface area contributed by atoms with Crippen LogP contribution in [0.25, 0.3) is 0 Å². The molecule has 0 aliphatic rings. The predicted molar refractivity (Wildman–Crippen MR) is 89.0 cm³/mol. The van der Waals surface area contributed by atoms with Crippen molar-refractivity contribution >= 4 is 0 Å². The quantitative estimate of drug-likeness (QED) is 0.503. The fourth-order valence-electron chi connectivity index (χ4n) is 2.48. The minimum absolute atomic E-state index is 0. The lowest BCUT2D eigenvalue weighted by atomic mass is 9.84. The normalized spacial score (nSPS) is 11.3. The zero-order chi connectivity index (χ0) is 14.2. The van der Waals surface area contributed by atoms with Gasteiger partial charge in [0.15, 0.2) is 0 Å². The molecule has 0 aromatic carbocycles. The van der Waals surface area contributed by atoms with Crippen LogP contribution in [0, 0.1) is 35.5 Å². The SMILES string of the molecule is C.CC(C)C(C)C(C)C.CCC(C(C)C)C(C)C. The van der Waals surface area contributed by atoms with Crippen LogP contribution in [-0.4, -0.2) is 0 Å². The first-order chi connectivity index (χ1) is 7.64.